The summed E-state index contributed by atoms with van der Waals surface area (Å²) in [6, 6.07) is 11.3. The Kier molecular flexibility index (Phi) is 4.75. The molecule has 0 aliphatic carbocycles. The zero-order valence-corrected chi connectivity index (χ0v) is 16.0. The topological polar surface area (TPSA) is 78.2 Å². The molecule has 8 heteroatoms. The summed E-state index contributed by atoms with van der Waals surface area (Å²) in [6.45, 7) is 0.102. The Balaban J connectivity index is 1.68. The predicted octanol–water partition coefficient (Wildman–Crippen LogP) is 3.06. The molecular formula is C21H19FN4O3. The van der Waals surface area contributed by atoms with Gasteiger partial charge in [-0.05, 0) is 30.3 Å². The zero-order valence-electron chi connectivity index (χ0n) is 16.0. The van der Waals surface area contributed by atoms with Crippen molar-refractivity contribution in [3.63, 3.8) is 0 Å². The van der Waals surface area contributed by atoms with Gasteiger partial charge in [0.2, 0.25) is 5.91 Å². The molecule has 0 aliphatic rings. The number of aryl methyl sites for hydroxylation is 2. The van der Waals surface area contributed by atoms with Gasteiger partial charge in [0.25, 0.3) is 5.56 Å². The minimum absolute atomic E-state index is 0.0370. The first kappa shape index (κ1) is 18.7. The van der Waals surface area contributed by atoms with Crippen molar-refractivity contribution in [3.8, 4) is 5.75 Å². The Morgan fingerprint density at radius 1 is 1.21 bits per heavy atom. The Bertz CT molecular complexity index is 1290. The summed E-state index contributed by atoms with van der Waals surface area (Å²) in [5.74, 6) is -0.190. The van der Waals surface area contributed by atoms with Crippen molar-refractivity contribution < 1.29 is 13.9 Å². The molecule has 148 valence electrons. The summed E-state index contributed by atoms with van der Waals surface area (Å²) in [6.07, 6.45) is 1.53. The second-order valence-corrected chi connectivity index (χ2v) is 6.65. The van der Waals surface area contributed by atoms with E-state index in [2.05, 4.69) is 10.4 Å². The van der Waals surface area contributed by atoms with Gasteiger partial charge in [0.15, 0.2) is 0 Å². The lowest BCUT2D eigenvalue weighted by atomic mass is 10.1. The number of nitrogens with zero attached hydrogens (tertiary/aromatic N) is 3. The highest BCUT2D eigenvalue weighted by Gasteiger charge is 2.16. The first-order chi connectivity index (χ1) is 14.0. The number of hydrogen-bond acceptors (Lipinski definition) is 4. The van der Waals surface area contributed by atoms with Crippen LogP contribution in [0.4, 0.5) is 10.1 Å². The van der Waals surface area contributed by atoms with Gasteiger partial charge in [-0.15, -0.1) is 0 Å². The van der Waals surface area contributed by atoms with Crippen molar-refractivity contribution in [2.24, 2.45) is 7.05 Å². The summed E-state index contributed by atoms with van der Waals surface area (Å²) in [5.41, 5.74) is 1.30. The van der Waals surface area contributed by atoms with Gasteiger partial charge in [-0.2, -0.15) is 5.10 Å². The average molecular weight is 394 g/mol. The quantitative estimate of drug-likeness (QED) is 0.564. The van der Waals surface area contributed by atoms with Crippen LogP contribution in [0.15, 0.2) is 53.5 Å². The number of anilines is 1. The normalized spacial score (nSPS) is 11.1. The lowest BCUT2D eigenvalue weighted by Crippen LogP contribution is -2.24. The molecule has 0 atom stereocenters. The number of benzene rings is 2. The maximum Gasteiger partial charge on any atom is 0.262 e. The van der Waals surface area contributed by atoms with Gasteiger partial charge in [0, 0.05) is 25.4 Å². The fourth-order valence-corrected chi connectivity index (χ4v) is 3.49. The van der Waals surface area contributed by atoms with E-state index in [1.54, 1.807) is 42.1 Å². The van der Waals surface area contributed by atoms with E-state index in [4.69, 9.17) is 4.74 Å². The van der Waals surface area contributed by atoms with E-state index >= 15 is 0 Å². The number of hydrogen-bond donors (Lipinski definition) is 1. The maximum atomic E-state index is 13.9. The fourth-order valence-electron chi connectivity index (χ4n) is 3.49. The first-order valence-electron chi connectivity index (χ1n) is 9.06. The first-order valence-corrected chi connectivity index (χ1v) is 9.06. The Labute approximate surface area is 165 Å². The van der Waals surface area contributed by atoms with Gasteiger partial charge >= 0.3 is 0 Å². The molecule has 29 heavy (non-hydrogen) atoms. The van der Waals surface area contributed by atoms with E-state index in [-0.39, 0.29) is 24.4 Å². The Morgan fingerprint density at radius 3 is 2.79 bits per heavy atom. The van der Waals surface area contributed by atoms with Crippen LogP contribution in [0, 0.1) is 5.82 Å². The average Bonchev–Trinajstić information content (AvgIpc) is 3.10. The molecule has 0 bridgehead atoms. The zero-order chi connectivity index (χ0) is 20.5. The molecule has 0 saturated carbocycles. The van der Waals surface area contributed by atoms with Crippen LogP contribution in [0.2, 0.25) is 0 Å². The lowest BCUT2D eigenvalue weighted by molar-refractivity contribution is -0.116. The van der Waals surface area contributed by atoms with E-state index in [1.807, 2.05) is 0 Å². The van der Waals surface area contributed by atoms with Crippen LogP contribution in [0.3, 0.4) is 0 Å². The number of amides is 1. The summed E-state index contributed by atoms with van der Waals surface area (Å²) in [5, 5.41) is 8.07. The highest BCUT2D eigenvalue weighted by atomic mass is 19.1. The molecule has 0 aliphatic heterocycles. The van der Waals surface area contributed by atoms with E-state index in [0.717, 1.165) is 0 Å². The molecule has 1 amide bonds. The highest BCUT2D eigenvalue weighted by Crippen LogP contribution is 2.25. The minimum Gasteiger partial charge on any atom is -0.495 e. The number of aromatic nitrogens is 3. The second kappa shape index (κ2) is 7.38. The number of nitrogens with one attached hydrogen (secondary N) is 1. The Hall–Kier alpha value is -3.68. The molecule has 0 unspecified atom stereocenters. The molecule has 2 aromatic heterocycles. The van der Waals surface area contributed by atoms with Crippen molar-refractivity contribution in [2.75, 3.05) is 12.4 Å². The van der Waals surface area contributed by atoms with Gasteiger partial charge in [-0.1, -0.05) is 12.1 Å². The molecule has 2 aromatic carbocycles. The van der Waals surface area contributed by atoms with Crippen molar-refractivity contribution in [3.05, 3.63) is 64.8 Å². The van der Waals surface area contributed by atoms with Crippen LogP contribution in [0.1, 0.15) is 6.42 Å². The van der Waals surface area contributed by atoms with Crippen LogP contribution in [-0.2, 0) is 18.4 Å². The molecule has 4 aromatic rings. The molecule has 1 N–H and O–H groups in total. The largest absolute Gasteiger partial charge is 0.495 e. The van der Waals surface area contributed by atoms with Crippen molar-refractivity contribution >= 4 is 33.4 Å². The lowest BCUT2D eigenvalue weighted by Gasteiger charge is -2.13. The van der Waals surface area contributed by atoms with Gasteiger partial charge < -0.3 is 14.6 Å². The molecular weight excluding hydrogens is 375 g/mol. The molecule has 0 fully saturated rings. The van der Waals surface area contributed by atoms with Gasteiger partial charge in [-0.3, -0.25) is 14.3 Å². The van der Waals surface area contributed by atoms with E-state index in [1.165, 1.54) is 30.0 Å². The SMILES string of the molecule is COc1ccccc1NC(=O)CCn1c(=O)c2cnn(C)c2c2ccc(F)cc21. The van der Waals surface area contributed by atoms with Crippen LogP contribution < -0.4 is 15.6 Å². The molecule has 0 spiro atoms. The highest BCUT2D eigenvalue weighted by molar-refractivity contribution is 6.03. The smallest absolute Gasteiger partial charge is 0.262 e. The fraction of sp³-hybridized carbons (Fsp3) is 0.190. The summed E-state index contributed by atoms with van der Waals surface area (Å²) in [4.78, 5) is 25.4. The number of pyridine rings is 1. The molecule has 2 heterocycles. The van der Waals surface area contributed by atoms with Crippen molar-refractivity contribution in [2.45, 2.75) is 13.0 Å². The summed E-state index contributed by atoms with van der Waals surface area (Å²) < 4.78 is 22.2. The Morgan fingerprint density at radius 2 is 2.00 bits per heavy atom. The molecule has 4 rings (SSSR count). The van der Waals surface area contributed by atoms with E-state index in [0.29, 0.717) is 33.2 Å². The third-order valence-corrected chi connectivity index (χ3v) is 4.86. The number of methoxy groups -OCH3 is 1. The third-order valence-electron chi connectivity index (χ3n) is 4.86. The summed E-state index contributed by atoms with van der Waals surface area (Å²) in [7, 11) is 3.25. The van der Waals surface area contributed by atoms with E-state index in [9.17, 15) is 14.0 Å². The van der Waals surface area contributed by atoms with Crippen LogP contribution in [0.5, 0.6) is 5.75 Å². The monoisotopic (exact) mass is 394 g/mol. The number of para-hydroxylation sites is 2. The van der Waals surface area contributed by atoms with Crippen LogP contribution >= 0.6 is 0 Å². The van der Waals surface area contributed by atoms with E-state index < -0.39 is 5.82 Å². The van der Waals surface area contributed by atoms with Crippen molar-refractivity contribution in [1.29, 1.82) is 0 Å². The number of fused-ring (bicyclic) bond motifs is 3. The minimum atomic E-state index is -0.453. The predicted molar refractivity (Wildman–Crippen MR) is 109 cm³/mol. The molecule has 0 radical (unpaired) electrons. The van der Waals surface area contributed by atoms with Gasteiger partial charge in [0.05, 0.1) is 35.4 Å². The molecule has 7 nitrogen and oxygen atoms in total. The van der Waals surface area contributed by atoms with Crippen LogP contribution in [-0.4, -0.2) is 27.4 Å². The number of halogens is 1. The summed E-state index contributed by atoms with van der Waals surface area (Å²) >= 11 is 0. The second-order valence-electron chi connectivity index (χ2n) is 6.65. The van der Waals surface area contributed by atoms with Crippen LogP contribution in [0.25, 0.3) is 21.8 Å². The number of carbonyl (C=O) groups is 1. The van der Waals surface area contributed by atoms with Crippen molar-refractivity contribution in [1.82, 2.24) is 14.3 Å². The molecule has 0 saturated heterocycles. The maximum absolute atomic E-state index is 13.9. The van der Waals surface area contributed by atoms with Gasteiger partial charge in [-0.25, -0.2) is 4.39 Å². The number of ether oxygens (including phenoxy) is 1. The number of carbonyl (C=O) groups excluding carboxylic acids is 1. The number of rotatable bonds is 5. The standard InChI is InChI=1S/C21H19FN4O3/c1-25-20-14-8-7-13(22)11-17(14)26(21(28)15(20)12-23-25)10-9-19(27)24-16-5-3-4-6-18(16)29-2/h3-8,11-12H,9-10H2,1-2H3,(H,24,27). The third kappa shape index (κ3) is 3.33. The van der Waals surface area contributed by atoms with Gasteiger partial charge in [0.1, 0.15) is 11.6 Å².